The minimum absolute atomic E-state index is 0.837. The molecule has 0 N–H and O–H groups in total. The standard InChI is InChI=1S/C44H25NO3/c1-2-10-28(11-3-1)45(30-16-20-33-34-18-14-26-8-4-6-12-31(26)43(34)48-40(33)25-30)29-17-21-37-36(24-29)42-38(46-37)22-23-39-41(42)35-19-15-27-9-5-7-13-32(27)44(35)47-39/h1-25H. The molecule has 0 unspecified atom stereocenters. The molecule has 8 aromatic carbocycles. The van der Waals surface area contributed by atoms with Crippen LogP contribution in [-0.2, 0) is 0 Å². The van der Waals surface area contributed by atoms with Gasteiger partial charge in [-0.2, -0.15) is 0 Å². The van der Waals surface area contributed by atoms with E-state index in [-0.39, 0.29) is 0 Å². The highest BCUT2D eigenvalue weighted by atomic mass is 16.3. The van der Waals surface area contributed by atoms with E-state index in [4.69, 9.17) is 13.3 Å². The molecule has 0 saturated carbocycles. The van der Waals surface area contributed by atoms with Crippen molar-refractivity contribution in [1.29, 1.82) is 0 Å². The van der Waals surface area contributed by atoms with Gasteiger partial charge in [0.2, 0.25) is 0 Å². The van der Waals surface area contributed by atoms with Crippen LogP contribution in [-0.4, -0.2) is 0 Å². The summed E-state index contributed by atoms with van der Waals surface area (Å²) in [5.74, 6) is 0. The molecule has 0 saturated heterocycles. The van der Waals surface area contributed by atoms with Gasteiger partial charge in [0, 0.05) is 66.2 Å². The Hall–Kier alpha value is -6.52. The van der Waals surface area contributed by atoms with Crippen LogP contribution in [0.4, 0.5) is 17.1 Å². The number of benzene rings is 8. The van der Waals surface area contributed by atoms with Crippen LogP contribution in [0, 0.1) is 0 Å². The molecule has 0 radical (unpaired) electrons. The molecule has 3 aromatic heterocycles. The van der Waals surface area contributed by atoms with Gasteiger partial charge < -0.3 is 18.2 Å². The summed E-state index contributed by atoms with van der Waals surface area (Å²) in [5.41, 5.74) is 8.29. The lowest BCUT2D eigenvalue weighted by Crippen LogP contribution is -2.09. The van der Waals surface area contributed by atoms with E-state index in [1.807, 2.05) is 18.2 Å². The smallest absolute Gasteiger partial charge is 0.143 e. The Morgan fingerprint density at radius 1 is 0.312 bits per heavy atom. The largest absolute Gasteiger partial charge is 0.456 e. The van der Waals surface area contributed by atoms with E-state index in [0.717, 1.165) is 99.0 Å². The molecular formula is C44H25NO3. The average Bonchev–Trinajstić information content (AvgIpc) is 3.83. The predicted octanol–water partition coefficient (Wildman–Crippen LogP) is 13.2. The second-order valence-electron chi connectivity index (χ2n) is 12.5. The minimum atomic E-state index is 0.837. The highest BCUT2D eigenvalue weighted by Gasteiger charge is 2.21. The second kappa shape index (κ2) is 9.50. The summed E-state index contributed by atoms with van der Waals surface area (Å²) < 4.78 is 19.6. The SMILES string of the molecule is c1ccc(N(c2ccc3c(c2)oc2c4ccccc4ccc32)c2ccc3oc4ccc5oc6c7ccccc7ccc6c5c4c3c2)cc1. The molecule has 0 aliphatic heterocycles. The minimum Gasteiger partial charge on any atom is -0.456 e. The van der Waals surface area contributed by atoms with Crippen LogP contribution >= 0.6 is 0 Å². The van der Waals surface area contributed by atoms with Gasteiger partial charge in [-0.05, 0) is 77.5 Å². The molecule has 0 aliphatic carbocycles. The van der Waals surface area contributed by atoms with Gasteiger partial charge in [0.1, 0.15) is 33.5 Å². The zero-order valence-electron chi connectivity index (χ0n) is 25.6. The summed E-state index contributed by atoms with van der Waals surface area (Å²) in [6.45, 7) is 0. The summed E-state index contributed by atoms with van der Waals surface area (Å²) >= 11 is 0. The van der Waals surface area contributed by atoms with Crippen molar-refractivity contribution < 1.29 is 13.3 Å². The van der Waals surface area contributed by atoms with Crippen LogP contribution in [0.2, 0.25) is 0 Å². The Morgan fingerprint density at radius 3 is 1.67 bits per heavy atom. The van der Waals surface area contributed by atoms with Crippen molar-refractivity contribution in [3.63, 3.8) is 0 Å². The Kier molecular flexibility index (Phi) is 5.08. The first-order valence-electron chi connectivity index (χ1n) is 16.2. The van der Waals surface area contributed by atoms with Gasteiger partial charge in [-0.1, -0.05) is 78.9 Å². The van der Waals surface area contributed by atoms with Crippen molar-refractivity contribution >= 4 is 104 Å². The zero-order valence-corrected chi connectivity index (χ0v) is 25.6. The number of fused-ring (bicyclic) bond motifs is 14. The maximum Gasteiger partial charge on any atom is 0.143 e. The van der Waals surface area contributed by atoms with E-state index in [9.17, 15) is 0 Å². The first-order valence-corrected chi connectivity index (χ1v) is 16.2. The molecular weight excluding hydrogens is 590 g/mol. The lowest BCUT2D eigenvalue weighted by Gasteiger charge is -2.25. The molecule has 4 nitrogen and oxygen atoms in total. The van der Waals surface area contributed by atoms with E-state index in [2.05, 4.69) is 138 Å². The normalized spacial score (nSPS) is 12.2. The van der Waals surface area contributed by atoms with Crippen molar-refractivity contribution in [2.45, 2.75) is 0 Å². The molecule has 0 atom stereocenters. The van der Waals surface area contributed by atoms with Crippen LogP contribution in [0.3, 0.4) is 0 Å². The van der Waals surface area contributed by atoms with Gasteiger partial charge in [0.15, 0.2) is 0 Å². The number of anilines is 3. The van der Waals surface area contributed by atoms with Gasteiger partial charge in [-0.3, -0.25) is 0 Å². The number of rotatable bonds is 3. The molecule has 11 aromatic rings. The zero-order chi connectivity index (χ0) is 31.3. The highest BCUT2D eigenvalue weighted by molar-refractivity contribution is 6.28. The third-order valence-electron chi connectivity index (χ3n) is 9.82. The van der Waals surface area contributed by atoms with Crippen LogP contribution in [0.1, 0.15) is 0 Å². The van der Waals surface area contributed by atoms with Crippen LogP contribution in [0.15, 0.2) is 165 Å². The first kappa shape index (κ1) is 25.6. The number of furan rings is 3. The van der Waals surface area contributed by atoms with Gasteiger partial charge in [0.05, 0.1) is 0 Å². The van der Waals surface area contributed by atoms with Crippen molar-refractivity contribution in [2.24, 2.45) is 0 Å². The van der Waals surface area contributed by atoms with E-state index < -0.39 is 0 Å². The fourth-order valence-corrected chi connectivity index (χ4v) is 7.65. The maximum absolute atomic E-state index is 6.60. The van der Waals surface area contributed by atoms with E-state index in [1.165, 1.54) is 5.39 Å². The molecule has 0 bridgehead atoms. The molecule has 0 amide bonds. The van der Waals surface area contributed by atoms with Crippen LogP contribution in [0.25, 0.3) is 87.4 Å². The fourth-order valence-electron chi connectivity index (χ4n) is 7.65. The van der Waals surface area contributed by atoms with Gasteiger partial charge in [0.25, 0.3) is 0 Å². The fraction of sp³-hybridized carbons (Fsp3) is 0. The van der Waals surface area contributed by atoms with Gasteiger partial charge in [-0.15, -0.1) is 0 Å². The molecule has 4 heteroatoms. The monoisotopic (exact) mass is 615 g/mol. The van der Waals surface area contributed by atoms with E-state index in [1.54, 1.807) is 0 Å². The van der Waals surface area contributed by atoms with Crippen LogP contribution < -0.4 is 4.90 Å². The Morgan fingerprint density at radius 2 is 0.875 bits per heavy atom. The molecule has 3 heterocycles. The second-order valence-corrected chi connectivity index (χ2v) is 12.5. The number of hydrogen-bond acceptors (Lipinski definition) is 4. The van der Waals surface area contributed by atoms with Crippen molar-refractivity contribution in [2.75, 3.05) is 4.90 Å². The van der Waals surface area contributed by atoms with Crippen molar-refractivity contribution in [1.82, 2.24) is 0 Å². The maximum atomic E-state index is 6.60. The molecule has 11 rings (SSSR count). The number of hydrogen-bond donors (Lipinski definition) is 0. The Bertz CT molecular complexity index is 3070. The summed E-state index contributed by atoms with van der Waals surface area (Å²) in [4.78, 5) is 2.28. The van der Waals surface area contributed by atoms with Crippen LogP contribution in [0.5, 0.6) is 0 Å². The molecule has 224 valence electrons. The van der Waals surface area contributed by atoms with Gasteiger partial charge >= 0.3 is 0 Å². The number of nitrogens with zero attached hydrogens (tertiary/aromatic N) is 1. The number of para-hydroxylation sites is 1. The summed E-state index contributed by atoms with van der Waals surface area (Å²) in [5, 5.41) is 11.1. The predicted molar refractivity (Wildman–Crippen MR) is 198 cm³/mol. The molecule has 0 spiro atoms. The first-order chi connectivity index (χ1) is 23.8. The third kappa shape index (κ3) is 3.54. The average molecular weight is 616 g/mol. The summed E-state index contributed by atoms with van der Waals surface area (Å²) in [7, 11) is 0. The highest BCUT2D eigenvalue weighted by Crippen LogP contribution is 2.45. The van der Waals surface area contributed by atoms with E-state index in [0.29, 0.717) is 0 Å². The third-order valence-corrected chi connectivity index (χ3v) is 9.82. The quantitative estimate of drug-likeness (QED) is 0.198. The van der Waals surface area contributed by atoms with E-state index >= 15 is 0 Å². The Balaban J connectivity index is 1.16. The lowest BCUT2D eigenvalue weighted by molar-refractivity contribution is 0.664. The summed E-state index contributed by atoms with van der Waals surface area (Å²) in [6, 6.07) is 52.9. The van der Waals surface area contributed by atoms with Crippen molar-refractivity contribution in [3.05, 3.63) is 152 Å². The summed E-state index contributed by atoms with van der Waals surface area (Å²) in [6.07, 6.45) is 0. The lowest BCUT2D eigenvalue weighted by atomic mass is 10.0. The molecule has 0 fully saturated rings. The van der Waals surface area contributed by atoms with Gasteiger partial charge in [-0.25, -0.2) is 0 Å². The topological polar surface area (TPSA) is 42.7 Å². The Labute approximate surface area is 273 Å². The van der Waals surface area contributed by atoms with Crippen molar-refractivity contribution in [3.8, 4) is 0 Å². The molecule has 0 aliphatic rings. The molecule has 48 heavy (non-hydrogen) atoms.